The summed E-state index contributed by atoms with van der Waals surface area (Å²) in [7, 11) is 0. The predicted octanol–water partition coefficient (Wildman–Crippen LogP) is 0.862. The first kappa shape index (κ1) is 15.8. The van der Waals surface area contributed by atoms with Gasteiger partial charge in [0.15, 0.2) is 0 Å². The van der Waals surface area contributed by atoms with Crippen LogP contribution in [0.25, 0.3) is 0 Å². The topological polar surface area (TPSA) is 86.7 Å². The quantitative estimate of drug-likeness (QED) is 0.788. The van der Waals surface area contributed by atoms with Gasteiger partial charge in [0.1, 0.15) is 0 Å². The number of aliphatic carboxylic acids is 1. The van der Waals surface area contributed by atoms with Gasteiger partial charge in [0.2, 0.25) is 11.8 Å². The van der Waals surface area contributed by atoms with Crippen molar-refractivity contribution in [3.8, 4) is 0 Å². The number of nitrogens with zero attached hydrogens (tertiary/aromatic N) is 1. The molecule has 0 bridgehead atoms. The maximum atomic E-state index is 12.0. The molecule has 0 aromatic rings. The average molecular weight is 296 g/mol. The molecule has 2 rings (SSSR count). The van der Waals surface area contributed by atoms with Gasteiger partial charge in [-0.05, 0) is 24.7 Å². The molecule has 2 N–H and O–H groups in total. The van der Waals surface area contributed by atoms with E-state index in [2.05, 4.69) is 5.32 Å². The Bertz CT molecular complexity index is 441. The van der Waals surface area contributed by atoms with Crippen LogP contribution in [0.3, 0.4) is 0 Å². The molecule has 0 aromatic heterocycles. The summed E-state index contributed by atoms with van der Waals surface area (Å²) in [5.74, 6) is -2.21. The molecule has 2 aliphatic rings. The number of likely N-dealkylation sites (tertiary alicyclic amines) is 1. The fourth-order valence-corrected chi connectivity index (χ4v) is 3.29. The first-order valence-electron chi connectivity index (χ1n) is 7.64. The van der Waals surface area contributed by atoms with Crippen LogP contribution in [0.5, 0.6) is 0 Å². The number of hydrogen-bond acceptors (Lipinski definition) is 3. The van der Waals surface area contributed by atoms with Gasteiger partial charge >= 0.3 is 5.97 Å². The molecule has 0 spiro atoms. The third kappa shape index (κ3) is 3.36. The van der Waals surface area contributed by atoms with Crippen LogP contribution in [0.4, 0.5) is 0 Å². The lowest BCUT2D eigenvalue weighted by Gasteiger charge is -2.26. The molecule has 6 heteroatoms. The minimum absolute atomic E-state index is 0.0693. The zero-order valence-electron chi connectivity index (χ0n) is 12.7. The number of rotatable bonds is 5. The van der Waals surface area contributed by atoms with Crippen molar-refractivity contribution in [2.45, 2.75) is 39.5 Å². The molecule has 0 aromatic carbocycles. The Labute approximate surface area is 124 Å². The molecule has 1 heterocycles. The summed E-state index contributed by atoms with van der Waals surface area (Å²) >= 11 is 0. The summed E-state index contributed by atoms with van der Waals surface area (Å²) in [4.78, 5) is 36.8. The molecule has 118 valence electrons. The predicted molar refractivity (Wildman–Crippen MR) is 76.5 cm³/mol. The van der Waals surface area contributed by atoms with Crippen LogP contribution in [0.15, 0.2) is 0 Å². The smallest absolute Gasteiger partial charge is 0.307 e. The van der Waals surface area contributed by atoms with Crippen molar-refractivity contribution in [3.63, 3.8) is 0 Å². The van der Waals surface area contributed by atoms with Crippen molar-refractivity contribution in [1.82, 2.24) is 10.2 Å². The van der Waals surface area contributed by atoms with Gasteiger partial charge in [-0.2, -0.15) is 0 Å². The summed E-state index contributed by atoms with van der Waals surface area (Å²) in [6.45, 7) is 5.48. The Morgan fingerprint density at radius 1 is 1.14 bits per heavy atom. The standard InChI is InChI=1S/C15H24N2O4/c1-15(2)11(12(15)14(20)21)13(19)16-7-6-10(18)17-8-4-3-5-9-17/h11-12H,3-9H2,1-2H3,(H,16,19)(H,20,21). The minimum atomic E-state index is -0.926. The number of amides is 2. The lowest BCUT2D eigenvalue weighted by Crippen LogP contribution is -2.38. The fourth-order valence-electron chi connectivity index (χ4n) is 3.29. The number of hydrogen-bond donors (Lipinski definition) is 2. The van der Waals surface area contributed by atoms with Gasteiger partial charge in [-0.15, -0.1) is 0 Å². The van der Waals surface area contributed by atoms with Crippen LogP contribution >= 0.6 is 0 Å². The number of carbonyl (C=O) groups excluding carboxylic acids is 2. The average Bonchev–Trinajstić information content (AvgIpc) is 3.02. The number of piperidine rings is 1. The Kier molecular flexibility index (Phi) is 4.54. The molecular weight excluding hydrogens is 272 g/mol. The highest BCUT2D eigenvalue weighted by Gasteiger charge is 2.65. The molecule has 6 nitrogen and oxygen atoms in total. The van der Waals surface area contributed by atoms with Crippen LogP contribution in [-0.4, -0.2) is 47.4 Å². The third-order valence-corrected chi connectivity index (χ3v) is 4.72. The number of nitrogens with one attached hydrogen (secondary N) is 1. The maximum absolute atomic E-state index is 12.0. The lowest BCUT2D eigenvalue weighted by atomic mass is 10.1. The van der Waals surface area contributed by atoms with Crippen LogP contribution in [-0.2, 0) is 14.4 Å². The fraction of sp³-hybridized carbons (Fsp3) is 0.800. The highest BCUT2D eigenvalue weighted by Crippen LogP contribution is 2.58. The van der Waals surface area contributed by atoms with E-state index in [1.54, 1.807) is 13.8 Å². The van der Waals surface area contributed by atoms with E-state index in [9.17, 15) is 14.4 Å². The molecule has 1 saturated heterocycles. The second-order valence-corrected chi connectivity index (χ2v) is 6.60. The molecule has 2 atom stereocenters. The summed E-state index contributed by atoms with van der Waals surface area (Å²) < 4.78 is 0. The van der Waals surface area contributed by atoms with Gasteiger partial charge in [-0.25, -0.2) is 0 Å². The van der Waals surface area contributed by atoms with E-state index in [-0.39, 0.29) is 24.8 Å². The Morgan fingerprint density at radius 3 is 2.29 bits per heavy atom. The number of carbonyl (C=O) groups is 3. The second kappa shape index (κ2) is 6.03. The molecule has 2 unspecified atom stereocenters. The van der Waals surface area contributed by atoms with Crippen molar-refractivity contribution in [2.24, 2.45) is 17.3 Å². The van der Waals surface area contributed by atoms with Gasteiger partial charge in [0.05, 0.1) is 11.8 Å². The van der Waals surface area contributed by atoms with Gasteiger partial charge < -0.3 is 15.3 Å². The molecule has 1 aliphatic heterocycles. The monoisotopic (exact) mass is 296 g/mol. The van der Waals surface area contributed by atoms with E-state index in [0.29, 0.717) is 0 Å². The molecular formula is C15H24N2O4. The van der Waals surface area contributed by atoms with Gasteiger partial charge in [-0.1, -0.05) is 13.8 Å². The third-order valence-electron chi connectivity index (χ3n) is 4.72. The van der Waals surface area contributed by atoms with Crippen molar-refractivity contribution in [3.05, 3.63) is 0 Å². The Balaban J connectivity index is 1.72. The van der Waals surface area contributed by atoms with Gasteiger partial charge in [0.25, 0.3) is 0 Å². The molecule has 21 heavy (non-hydrogen) atoms. The van der Waals surface area contributed by atoms with Gasteiger partial charge in [0, 0.05) is 26.1 Å². The number of carboxylic acids is 1. The van der Waals surface area contributed by atoms with Crippen LogP contribution in [0.1, 0.15) is 39.5 Å². The van der Waals surface area contributed by atoms with Crippen molar-refractivity contribution in [1.29, 1.82) is 0 Å². The first-order valence-corrected chi connectivity index (χ1v) is 7.64. The summed E-state index contributed by atoms with van der Waals surface area (Å²) in [5.41, 5.74) is -0.493. The van der Waals surface area contributed by atoms with Crippen LogP contribution < -0.4 is 5.32 Å². The zero-order chi connectivity index (χ0) is 15.6. The van der Waals surface area contributed by atoms with Crippen molar-refractivity contribution in [2.75, 3.05) is 19.6 Å². The molecule has 0 radical (unpaired) electrons. The van der Waals surface area contributed by atoms with E-state index < -0.39 is 23.2 Å². The van der Waals surface area contributed by atoms with E-state index in [1.165, 1.54) is 6.42 Å². The van der Waals surface area contributed by atoms with Crippen LogP contribution in [0, 0.1) is 17.3 Å². The summed E-state index contributed by atoms with van der Waals surface area (Å²) in [5, 5.41) is 11.8. The second-order valence-electron chi connectivity index (χ2n) is 6.60. The Hall–Kier alpha value is -1.59. The molecule has 2 amide bonds. The van der Waals surface area contributed by atoms with Crippen molar-refractivity contribution >= 4 is 17.8 Å². The highest BCUT2D eigenvalue weighted by atomic mass is 16.4. The van der Waals surface area contributed by atoms with E-state index in [4.69, 9.17) is 5.11 Å². The zero-order valence-corrected chi connectivity index (χ0v) is 12.7. The maximum Gasteiger partial charge on any atom is 0.307 e. The molecule has 1 saturated carbocycles. The summed E-state index contributed by atoms with van der Waals surface area (Å²) in [6.07, 6.45) is 3.56. The summed E-state index contributed by atoms with van der Waals surface area (Å²) in [6, 6.07) is 0. The largest absolute Gasteiger partial charge is 0.481 e. The van der Waals surface area contributed by atoms with E-state index in [0.717, 1.165) is 25.9 Å². The molecule has 2 fully saturated rings. The normalized spacial score (nSPS) is 27.0. The van der Waals surface area contributed by atoms with Gasteiger partial charge in [-0.3, -0.25) is 14.4 Å². The highest BCUT2D eigenvalue weighted by molar-refractivity contribution is 5.91. The van der Waals surface area contributed by atoms with E-state index >= 15 is 0 Å². The van der Waals surface area contributed by atoms with E-state index in [1.807, 2.05) is 4.90 Å². The molecule has 1 aliphatic carbocycles. The first-order chi connectivity index (χ1) is 9.85. The lowest BCUT2D eigenvalue weighted by molar-refractivity contribution is -0.140. The Morgan fingerprint density at radius 2 is 1.76 bits per heavy atom. The SMILES string of the molecule is CC1(C)C(C(=O)O)C1C(=O)NCCC(=O)N1CCCCC1. The minimum Gasteiger partial charge on any atom is -0.481 e. The van der Waals surface area contributed by atoms with Crippen LogP contribution in [0.2, 0.25) is 0 Å². The number of carboxylic acid groups (broad SMARTS) is 1. The van der Waals surface area contributed by atoms with Crippen molar-refractivity contribution < 1.29 is 19.5 Å².